The minimum atomic E-state index is -0.587. The maximum absolute atomic E-state index is 11.9. The van der Waals surface area contributed by atoms with E-state index in [-0.39, 0.29) is 12.2 Å². The van der Waals surface area contributed by atoms with Crippen LogP contribution in [0.5, 0.6) is 0 Å². The molecule has 20 heavy (non-hydrogen) atoms. The number of hydrogen-bond acceptors (Lipinski definition) is 4. The molecule has 3 aliphatic rings. The number of carbonyl (C=O) groups excluding carboxylic acids is 2. The topological polar surface area (TPSA) is 52.6 Å². The zero-order chi connectivity index (χ0) is 14.3. The highest BCUT2D eigenvalue weighted by Gasteiger charge is 2.60. The van der Waals surface area contributed by atoms with Gasteiger partial charge in [-0.2, -0.15) is 0 Å². The SMILES string of the molecule is C=CC(=O)OCC(=O)OC1(C)CC2CC1C1CCCC21. The molecule has 0 aromatic rings. The highest BCUT2D eigenvalue weighted by atomic mass is 16.6. The molecule has 0 amide bonds. The molecule has 3 saturated carbocycles. The molecule has 5 unspecified atom stereocenters. The van der Waals surface area contributed by atoms with E-state index in [1.165, 1.54) is 25.7 Å². The van der Waals surface area contributed by atoms with Gasteiger partial charge in [0, 0.05) is 12.0 Å². The van der Waals surface area contributed by atoms with Gasteiger partial charge in [0.05, 0.1) is 0 Å². The maximum atomic E-state index is 11.9. The minimum absolute atomic E-state index is 0.314. The summed E-state index contributed by atoms with van der Waals surface area (Å²) in [6.45, 7) is 5.04. The lowest BCUT2D eigenvalue weighted by atomic mass is 9.73. The van der Waals surface area contributed by atoms with E-state index in [1.54, 1.807) is 0 Å². The molecule has 4 heteroatoms. The van der Waals surface area contributed by atoms with E-state index in [1.807, 2.05) is 0 Å². The number of fused-ring (bicyclic) bond motifs is 5. The van der Waals surface area contributed by atoms with Crippen LogP contribution < -0.4 is 0 Å². The molecule has 110 valence electrons. The third-order valence-corrected chi connectivity index (χ3v) is 5.60. The average Bonchev–Trinajstić information content (AvgIpc) is 3.06. The molecule has 0 aromatic carbocycles. The molecule has 5 atom stereocenters. The summed E-state index contributed by atoms with van der Waals surface area (Å²) in [6, 6.07) is 0. The minimum Gasteiger partial charge on any atom is -0.457 e. The van der Waals surface area contributed by atoms with Crippen LogP contribution in [0.25, 0.3) is 0 Å². The fourth-order valence-electron chi connectivity index (χ4n) is 4.98. The fraction of sp³-hybridized carbons (Fsp3) is 0.750. The zero-order valence-electron chi connectivity index (χ0n) is 12.0. The van der Waals surface area contributed by atoms with E-state index in [9.17, 15) is 9.59 Å². The Morgan fingerprint density at radius 3 is 2.85 bits per heavy atom. The average molecular weight is 278 g/mol. The molecular formula is C16H22O4. The predicted molar refractivity (Wildman–Crippen MR) is 72.7 cm³/mol. The second kappa shape index (κ2) is 4.90. The molecule has 4 nitrogen and oxygen atoms in total. The second-order valence-corrected chi connectivity index (χ2v) is 6.66. The standard InChI is InChI=1S/C16H22O4/c1-3-14(17)19-9-15(18)20-16(2)8-10-7-13(16)12-6-4-5-11(10)12/h3,10-13H,1,4-9H2,2H3. The van der Waals surface area contributed by atoms with Gasteiger partial charge in [-0.05, 0) is 50.4 Å². The molecule has 3 aliphatic carbocycles. The number of esters is 2. The Morgan fingerprint density at radius 2 is 2.10 bits per heavy atom. The van der Waals surface area contributed by atoms with Gasteiger partial charge in [-0.15, -0.1) is 0 Å². The molecule has 0 aliphatic heterocycles. The monoisotopic (exact) mass is 278 g/mol. The summed E-state index contributed by atoms with van der Waals surface area (Å²) < 4.78 is 10.4. The van der Waals surface area contributed by atoms with Crippen molar-refractivity contribution >= 4 is 11.9 Å². The van der Waals surface area contributed by atoms with Crippen LogP contribution in [-0.2, 0) is 19.1 Å². The van der Waals surface area contributed by atoms with Crippen LogP contribution in [0.2, 0.25) is 0 Å². The maximum Gasteiger partial charge on any atom is 0.344 e. The van der Waals surface area contributed by atoms with E-state index in [0.29, 0.717) is 5.92 Å². The molecule has 3 rings (SSSR count). The quantitative estimate of drug-likeness (QED) is 0.585. The van der Waals surface area contributed by atoms with Crippen LogP contribution >= 0.6 is 0 Å². The van der Waals surface area contributed by atoms with Crippen molar-refractivity contribution in [2.24, 2.45) is 23.7 Å². The Balaban J connectivity index is 1.59. The van der Waals surface area contributed by atoms with Crippen molar-refractivity contribution in [1.29, 1.82) is 0 Å². The van der Waals surface area contributed by atoms with Crippen molar-refractivity contribution in [1.82, 2.24) is 0 Å². The van der Waals surface area contributed by atoms with E-state index >= 15 is 0 Å². The first kappa shape index (κ1) is 13.7. The zero-order valence-corrected chi connectivity index (χ0v) is 12.0. The normalized spacial score (nSPS) is 41.2. The van der Waals surface area contributed by atoms with Gasteiger partial charge < -0.3 is 9.47 Å². The Bertz CT molecular complexity index is 444. The predicted octanol–water partition coefficient (Wildman–Crippen LogP) is 2.47. The largest absolute Gasteiger partial charge is 0.457 e. The number of carbonyl (C=O) groups is 2. The lowest BCUT2D eigenvalue weighted by molar-refractivity contribution is -0.174. The van der Waals surface area contributed by atoms with Gasteiger partial charge in [-0.25, -0.2) is 9.59 Å². The molecule has 2 bridgehead atoms. The van der Waals surface area contributed by atoms with Gasteiger partial charge in [0.2, 0.25) is 0 Å². The Labute approximate surface area is 119 Å². The molecule has 0 saturated heterocycles. The van der Waals surface area contributed by atoms with Crippen molar-refractivity contribution in [2.75, 3.05) is 6.61 Å². The lowest BCUT2D eigenvalue weighted by Gasteiger charge is -2.39. The molecule has 0 N–H and O–H groups in total. The summed E-state index contributed by atoms with van der Waals surface area (Å²) in [5, 5.41) is 0. The van der Waals surface area contributed by atoms with Crippen LogP contribution in [0.15, 0.2) is 12.7 Å². The van der Waals surface area contributed by atoms with E-state index in [0.717, 1.165) is 30.3 Å². The second-order valence-electron chi connectivity index (χ2n) is 6.66. The number of ether oxygens (including phenoxy) is 2. The first-order valence-corrected chi connectivity index (χ1v) is 7.54. The highest BCUT2D eigenvalue weighted by Crippen LogP contribution is 2.63. The van der Waals surface area contributed by atoms with Gasteiger partial charge in [0.15, 0.2) is 6.61 Å². The first-order chi connectivity index (χ1) is 9.53. The van der Waals surface area contributed by atoms with Gasteiger partial charge in [-0.1, -0.05) is 13.0 Å². The molecule has 0 aromatic heterocycles. The summed E-state index contributed by atoms with van der Waals surface area (Å²) in [4.78, 5) is 22.8. The summed E-state index contributed by atoms with van der Waals surface area (Å²) in [6.07, 6.45) is 7.18. The van der Waals surface area contributed by atoms with Crippen LogP contribution in [-0.4, -0.2) is 24.1 Å². The Kier molecular flexibility index (Phi) is 3.35. The summed E-state index contributed by atoms with van der Waals surface area (Å²) in [7, 11) is 0. The molecule has 0 radical (unpaired) electrons. The van der Waals surface area contributed by atoms with Crippen molar-refractivity contribution in [2.45, 2.75) is 44.6 Å². The highest BCUT2D eigenvalue weighted by molar-refractivity contribution is 5.83. The fourth-order valence-corrected chi connectivity index (χ4v) is 4.98. The van der Waals surface area contributed by atoms with Gasteiger partial charge in [0.1, 0.15) is 5.60 Å². The molecule has 0 spiro atoms. The van der Waals surface area contributed by atoms with Gasteiger partial charge in [0.25, 0.3) is 0 Å². The van der Waals surface area contributed by atoms with Crippen LogP contribution in [0, 0.1) is 23.7 Å². The third-order valence-electron chi connectivity index (χ3n) is 5.60. The number of rotatable bonds is 4. The Morgan fingerprint density at radius 1 is 1.35 bits per heavy atom. The molecule has 3 fully saturated rings. The smallest absolute Gasteiger partial charge is 0.344 e. The summed E-state index contributed by atoms with van der Waals surface area (Å²) in [5.74, 6) is 1.80. The lowest BCUT2D eigenvalue weighted by Crippen LogP contribution is -2.43. The van der Waals surface area contributed by atoms with Crippen LogP contribution in [0.1, 0.15) is 39.0 Å². The number of hydrogen-bond donors (Lipinski definition) is 0. The first-order valence-electron chi connectivity index (χ1n) is 7.54. The van der Waals surface area contributed by atoms with Crippen molar-refractivity contribution in [3.05, 3.63) is 12.7 Å². The molecular weight excluding hydrogens is 256 g/mol. The Hall–Kier alpha value is -1.32. The van der Waals surface area contributed by atoms with Gasteiger partial charge in [-0.3, -0.25) is 0 Å². The van der Waals surface area contributed by atoms with Crippen LogP contribution in [0.3, 0.4) is 0 Å². The molecule has 0 heterocycles. The van der Waals surface area contributed by atoms with Crippen LogP contribution in [0.4, 0.5) is 0 Å². The van der Waals surface area contributed by atoms with Crippen molar-refractivity contribution < 1.29 is 19.1 Å². The van der Waals surface area contributed by atoms with E-state index in [4.69, 9.17) is 9.47 Å². The van der Waals surface area contributed by atoms with Crippen molar-refractivity contribution in [3.63, 3.8) is 0 Å². The summed E-state index contributed by atoms with van der Waals surface area (Å²) in [5.41, 5.74) is -0.353. The van der Waals surface area contributed by atoms with E-state index < -0.39 is 11.9 Å². The summed E-state index contributed by atoms with van der Waals surface area (Å²) >= 11 is 0. The van der Waals surface area contributed by atoms with E-state index in [2.05, 4.69) is 13.5 Å². The van der Waals surface area contributed by atoms with Gasteiger partial charge >= 0.3 is 11.9 Å². The third kappa shape index (κ3) is 2.15. The van der Waals surface area contributed by atoms with Crippen molar-refractivity contribution in [3.8, 4) is 0 Å².